The van der Waals surface area contributed by atoms with Crippen LogP contribution in [0.25, 0.3) is 0 Å². The number of alkyl carbamates (subject to hydrolysis) is 1. The van der Waals surface area contributed by atoms with Gasteiger partial charge in [0.2, 0.25) is 0 Å². The minimum Gasteiger partial charge on any atom is -0.507 e. The van der Waals surface area contributed by atoms with Gasteiger partial charge < -0.3 is 20.3 Å². The van der Waals surface area contributed by atoms with E-state index in [2.05, 4.69) is 25.2 Å². The fraction of sp³-hybridized carbons (Fsp3) is 0.625. The van der Waals surface area contributed by atoms with Crippen LogP contribution in [0, 0.1) is 0 Å². The maximum Gasteiger partial charge on any atom is 0.407 e. The number of rotatable bonds is 8. The lowest BCUT2D eigenvalue weighted by atomic mass is 9.83. The first kappa shape index (κ1) is 21.5. The summed E-state index contributed by atoms with van der Waals surface area (Å²) < 4.78 is 5.44. The summed E-state index contributed by atoms with van der Waals surface area (Å²) in [6, 6.07) is 1.78. The van der Waals surface area contributed by atoms with Gasteiger partial charge in [-0.2, -0.15) is 0 Å². The third-order valence-electron chi connectivity index (χ3n) is 6.21. The van der Waals surface area contributed by atoms with Crippen molar-refractivity contribution in [2.75, 3.05) is 0 Å². The third kappa shape index (κ3) is 5.46. The van der Waals surface area contributed by atoms with Crippen molar-refractivity contribution in [3.63, 3.8) is 0 Å². The molecular formula is C24H35NO4. The van der Waals surface area contributed by atoms with Gasteiger partial charge in [-0.25, -0.2) is 4.79 Å². The highest BCUT2D eigenvalue weighted by atomic mass is 16.6. The number of amides is 1. The van der Waals surface area contributed by atoms with E-state index in [1.54, 1.807) is 6.07 Å². The predicted molar refractivity (Wildman–Crippen MR) is 114 cm³/mol. The topological polar surface area (TPSA) is 78.8 Å². The number of carbonyl (C=O) groups excluding carboxylic acids is 1. The first-order chi connectivity index (χ1) is 13.8. The zero-order chi connectivity index (χ0) is 21.0. The van der Waals surface area contributed by atoms with Gasteiger partial charge in [0.15, 0.2) is 0 Å². The zero-order valence-electron chi connectivity index (χ0n) is 18.0. The first-order valence-corrected chi connectivity index (χ1v) is 11.0. The van der Waals surface area contributed by atoms with E-state index >= 15 is 0 Å². The molecule has 2 aliphatic carbocycles. The normalized spacial score (nSPS) is 20.1. The molecule has 1 unspecified atom stereocenters. The van der Waals surface area contributed by atoms with Gasteiger partial charge in [0, 0.05) is 17.0 Å². The summed E-state index contributed by atoms with van der Waals surface area (Å²) in [6.45, 7) is 6.37. The van der Waals surface area contributed by atoms with Crippen molar-refractivity contribution in [3.05, 3.63) is 34.4 Å². The summed E-state index contributed by atoms with van der Waals surface area (Å²) in [5, 5.41) is 24.7. The van der Waals surface area contributed by atoms with Gasteiger partial charge in [0.25, 0.3) is 0 Å². The largest absolute Gasteiger partial charge is 0.507 e. The molecule has 1 aromatic rings. The summed E-state index contributed by atoms with van der Waals surface area (Å²) in [6.07, 6.45) is 10.4. The van der Waals surface area contributed by atoms with E-state index in [4.69, 9.17) is 4.74 Å². The fourth-order valence-electron chi connectivity index (χ4n) is 4.15. The molecule has 2 aliphatic rings. The van der Waals surface area contributed by atoms with Crippen LogP contribution in [0.2, 0.25) is 0 Å². The molecule has 5 nitrogen and oxygen atoms in total. The number of aromatic hydroxyl groups is 2. The van der Waals surface area contributed by atoms with E-state index in [1.165, 1.54) is 5.57 Å². The van der Waals surface area contributed by atoms with Gasteiger partial charge in [0.05, 0.1) is 6.54 Å². The Hall–Kier alpha value is -2.17. The molecule has 0 saturated heterocycles. The van der Waals surface area contributed by atoms with Crippen molar-refractivity contribution in [3.8, 4) is 11.5 Å². The van der Waals surface area contributed by atoms with Crippen molar-refractivity contribution >= 4 is 6.09 Å². The van der Waals surface area contributed by atoms with Crippen molar-refractivity contribution in [2.24, 2.45) is 0 Å². The van der Waals surface area contributed by atoms with Crippen LogP contribution < -0.4 is 5.32 Å². The molecule has 1 atom stereocenters. The molecule has 1 fully saturated rings. The molecule has 1 saturated carbocycles. The first-order valence-electron chi connectivity index (χ1n) is 11.0. The molecule has 29 heavy (non-hydrogen) atoms. The second-order valence-corrected chi connectivity index (χ2v) is 8.96. The second kappa shape index (κ2) is 9.10. The zero-order valence-corrected chi connectivity index (χ0v) is 18.0. The van der Waals surface area contributed by atoms with Crippen LogP contribution in [0.3, 0.4) is 0 Å². The van der Waals surface area contributed by atoms with Crippen LogP contribution >= 0.6 is 0 Å². The van der Waals surface area contributed by atoms with Crippen molar-refractivity contribution in [2.45, 2.75) is 96.6 Å². The van der Waals surface area contributed by atoms with Gasteiger partial charge in [-0.05, 0) is 70.4 Å². The van der Waals surface area contributed by atoms with Crippen molar-refractivity contribution in [1.29, 1.82) is 0 Å². The van der Waals surface area contributed by atoms with E-state index in [0.717, 1.165) is 63.4 Å². The smallest absolute Gasteiger partial charge is 0.407 e. The lowest BCUT2D eigenvalue weighted by Crippen LogP contribution is -2.28. The molecular weight excluding hydrogens is 366 g/mol. The molecule has 0 spiro atoms. The Morgan fingerprint density at radius 3 is 2.72 bits per heavy atom. The van der Waals surface area contributed by atoms with E-state index in [1.807, 2.05) is 6.92 Å². The standard InChI is InChI=1S/C24H35NO4/c1-4-5-6-9-17-14-20(26)21(18-10-7-8-16(2)13-18)22(27)19(17)15-25-23(28)29-24(3)11-12-24/h13-14,18,26-27H,4-12,15H2,1-3H3,(H,25,28). The average molecular weight is 402 g/mol. The minimum absolute atomic E-state index is 0.00418. The number of aryl methyl sites for hydroxylation is 1. The Labute approximate surface area is 174 Å². The Kier molecular flexibility index (Phi) is 6.76. The Morgan fingerprint density at radius 2 is 2.07 bits per heavy atom. The SMILES string of the molecule is CCCCCc1cc(O)c(C2C=C(C)CCC2)c(O)c1CNC(=O)OC1(C)CC1. The van der Waals surface area contributed by atoms with Gasteiger partial charge in [-0.1, -0.05) is 31.4 Å². The summed E-state index contributed by atoms with van der Waals surface area (Å²) in [5.74, 6) is 0.275. The number of unbranched alkanes of at least 4 members (excludes halogenated alkanes) is 2. The monoisotopic (exact) mass is 401 g/mol. The number of nitrogens with one attached hydrogen (secondary N) is 1. The quantitative estimate of drug-likeness (QED) is 0.379. The van der Waals surface area contributed by atoms with E-state index in [0.29, 0.717) is 11.1 Å². The highest BCUT2D eigenvalue weighted by Gasteiger charge is 2.41. The molecule has 160 valence electrons. The number of hydrogen-bond acceptors (Lipinski definition) is 4. The van der Waals surface area contributed by atoms with Gasteiger partial charge >= 0.3 is 6.09 Å². The number of ether oxygens (including phenoxy) is 1. The highest BCUT2D eigenvalue weighted by Crippen LogP contribution is 2.44. The lowest BCUT2D eigenvalue weighted by Gasteiger charge is -2.24. The number of allylic oxidation sites excluding steroid dienone is 2. The molecule has 0 aromatic heterocycles. The summed E-state index contributed by atoms with van der Waals surface area (Å²) in [4.78, 5) is 12.2. The molecule has 0 radical (unpaired) electrons. The third-order valence-corrected chi connectivity index (χ3v) is 6.21. The van der Waals surface area contributed by atoms with Crippen LogP contribution in [-0.4, -0.2) is 21.9 Å². The van der Waals surface area contributed by atoms with Crippen LogP contribution in [0.15, 0.2) is 17.7 Å². The van der Waals surface area contributed by atoms with Crippen LogP contribution in [0.4, 0.5) is 4.79 Å². The number of carbonyl (C=O) groups is 1. The van der Waals surface area contributed by atoms with Crippen LogP contribution in [0.1, 0.15) is 94.7 Å². The van der Waals surface area contributed by atoms with Crippen LogP contribution in [0.5, 0.6) is 11.5 Å². The van der Waals surface area contributed by atoms with E-state index in [-0.39, 0.29) is 29.6 Å². The molecule has 5 heteroatoms. The summed E-state index contributed by atoms with van der Waals surface area (Å²) in [7, 11) is 0. The van der Waals surface area contributed by atoms with Crippen molar-refractivity contribution in [1.82, 2.24) is 5.32 Å². The number of phenols is 2. The van der Waals surface area contributed by atoms with Gasteiger partial charge in [0.1, 0.15) is 17.1 Å². The Morgan fingerprint density at radius 1 is 1.31 bits per heavy atom. The summed E-state index contributed by atoms with van der Waals surface area (Å²) >= 11 is 0. The Bertz CT molecular complexity index is 780. The maximum absolute atomic E-state index is 12.2. The van der Waals surface area contributed by atoms with E-state index in [9.17, 15) is 15.0 Å². The number of phenolic OH excluding ortho intramolecular Hbond substituents is 2. The molecule has 3 rings (SSSR count). The average Bonchev–Trinajstić information content (AvgIpc) is 3.38. The Balaban J connectivity index is 1.85. The number of benzene rings is 1. The van der Waals surface area contributed by atoms with Crippen LogP contribution in [-0.2, 0) is 17.7 Å². The lowest BCUT2D eigenvalue weighted by molar-refractivity contribution is 0.0929. The molecule has 1 aromatic carbocycles. The maximum atomic E-state index is 12.2. The van der Waals surface area contributed by atoms with Crippen molar-refractivity contribution < 1.29 is 19.7 Å². The minimum atomic E-state index is -0.452. The van der Waals surface area contributed by atoms with Gasteiger partial charge in [-0.3, -0.25) is 0 Å². The van der Waals surface area contributed by atoms with E-state index < -0.39 is 6.09 Å². The molecule has 0 heterocycles. The highest BCUT2D eigenvalue weighted by molar-refractivity contribution is 5.68. The molecule has 0 bridgehead atoms. The fourth-order valence-corrected chi connectivity index (χ4v) is 4.15. The predicted octanol–water partition coefficient (Wildman–Crippen LogP) is 5.82. The number of hydrogen-bond donors (Lipinski definition) is 3. The molecule has 3 N–H and O–H groups in total. The molecule has 1 amide bonds. The summed E-state index contributed by atoms with van der Waals surface area (Å²) in [5.41, 5.74) is 3.13. The second-order valence-electron chi connectivity index (χ2n) is 8.96. The van der Waals surface area contributed by atoms with Gasteiger partial charge in [-0.15, -0.1) is 0 Å². The molecule has 0 aliphatic heterocycles.